The predicted molar refractivity (Wildman–Crippen MR) is 78.1 cm³/mol. The van der Waals surface area contributed by atoms with Crippen molar-refractivity contribution in [2.45, 2.75) is 4.90 Å². The Bertz CT molecular complexity index is 651. The number of benzene rings is 1. The lowest BCUT2D eigenvalue weighted by Gasteiger charge is -1.95. The quantitative estimate of drug-likeness (QED) is 0.835. The van der Waals surface area contributed by atoms with Gasteiger partial charge in [-0.3, -0.25) is 4.79 Å². The van der Waals surface area contributed by atoms with Gasteiger partial charge >= 0.3 is 0 Å². The van der Waals surface area contributed by atoms with Gasteiger partial charge in [0.05, 0.1) is 14.9 Å². The minimum atomic E-state index is 0.0683. The summed E-state index contributed by atoms with van der Waals surface area (Å²) in [6.07, 6.45) is 3.45. The Morgan fingerprint density at radius 3 is 2.89 bits per heavy atom. The number of carbonyl (C=O) groups is 1. The van der Waals surface area contributed by atoms with Crippen molar-refractivity contribution in [3.63, 3.8) is 0 Å². The molecule has 0 atom stereocenters. The molecule has 1 N–H and O–H groups in total. The van der Waals surface area contributed by atoms with Crippen molar-refractivity contribution in [2.75, 3.05) is 5.32 Å². The normalized spacial score (nSPS) is 16.1. The molecule has 1 aliphatic heterocycles. The van der Waals surface area contributed by atoms with Crippen LogP contribution in [0.5, 0.6) is 0 Å². The lowest BCUT2D eigenvalue weighted by Crippen LogP contribution is -1.96. The lowest BCUT2D eigenvalue weighted by atomic mass is 10.1. The number of Topliss-reactive ketones (excluding diaryl/α,β-unsaturated/α-hetero) is 1. The van der Waals surface area contributed by atoms with E-state index in [1.807, 2.05) is 24.3 Å². The van der Waals surface area contributed by atoms with Crippen molar-refractivity contribution in [3.05, 3.63) is 50.9 Å². The van der Waals surface area contributed by atoms with Gasteiger partial charge in [-0.25, -0.2) is 4.98 Å². The second kappa shape index (κ2) is 4.87. The van der Waals surface area contributed by atoms with Gasteiger partial charge in [0.25, 0.3) is 0 Å². The van der Waals surface area contributed by atoms with Gasteiger partial charge in [0.2, 0.25) is 5.78 Å². The molecule has 2 heterocycles. The highest BCUT2D eigenvalue weighted by Gasteiger charge is 2.25. The van der Waals surface area contributed by atoms with Crippen LogP contribution in [0.2, 0.25) is 0 Å². The Labute approximate surface area is 120 Å². The molecule has 18 heavy (non-hydrogen) atoms. The highest BCUT2D eigenvalue weighted by atomic mass is 79.9. The maximum absolute atomic E-state index is 12.1. The summed E-state index contributed by atoms with van der Waals surface area (Å²) in [5, 5.41) is 3.81. The monoisotopic (exact) mass is 338 g/mol. The molecule has 90 valence electrons. The van der Waals surface area contributed by atoms with E-state index >= 15 is 0 Å². The molecule has 0 spiro atoms. The molecule has 3 nitrogen and oxygen atoms in total. The molecule has 1 aromatic heterocycles. The van der Waals surface area contributed by atoms with E-state index in [0.717, 1.165) is 19.4 Å². The fourth-order valence-electron chi connectivity index (χ4n) is 1.58. The average Bonchev–Trinajstić information content (AvgIpc) is 2.92. The van der Waals surface area contributed by atoms with E-state index in [0.29, 0.717) is 4.91 Å². The minimum Gasteiger partial charge on any atom is -0.337 e. The van der Waals surface area contributed by atoms with Crippen LogP contribution in [0, 0.1) is 0 Å². The average molecular weight is 339 g/mol. The Hall–Kier alpha value is -1.11. The molecular formula is C12H7BrN2OS2. The molecule has 1 aromatic carbocycles. The van der Waals surface area contributed by atoms with E-state index in [9.17, 15) is 4.79 Å². The maximum Gasteiger partial charge on any atom is 0.202 e. The van der Waals surface area contributed by atoms with Gasteiger partial charge in [0.15, 0.2) is 5.13 Å². The van der Waals surface area contributed by atoms with Gasteiger partial charge in [0, 0.05) is 16.7 Å². The van der Waals surface area contributed by atoms with Crippen LogP contribution < -0.4 is 5.32 Å². The molecule has 3 rings (SSSR count). The first kappa shape index (κ1) is 12.0. The van der Waals surface area contributed by atoms with Crippen molar-refractivity contribution in [2.24, 2.45) is 0 Å². The highest BCUT2D eigenvalue weighted by Crippen LogP contribution is 2.39. The highest BCUT2D eigenvalue weighted by molar-refractivity contribution is 9.11. The van der Waals surface area contributed by atoms with Crippen molar-refractivity contribution < 1.29 is 4.79 Å². The van der Waals surface area contributed by atoms with Crippen molar-refractivity contribution >= 4 is 49.9 Å². The van der Waals surface area contributed by atoms with Gasteiger partial charge in [-0.05, 0) is 28.1 Å². The Kier molecular flexibility index (Phi) is 3.23. The first-order valence-electron chi connectivity index (χ1n) is 5.13. The molecule has 1 aliphatic rings. The number of ketones is 1. The summed E-state index contributed by atoms with van der Waals surface area (Å²) < 4.78 is 0.956. The summed E-state index contributed by atoms with van der Waals surface area (Å²) in [5.74, 6) is 0.0683. The van der Waals surface area contributed by atoms with E-state index in [-0.39, 0.29) is 5.78 Å². The standard InChI is InChI=1S/C12H7BrN2OS2/c13-10-6-15-12(18-10)14-5-9-11(16)7-3-1-2-4-8(7)17-9/h1-6H,(H,14,15)/b9-5-. The van der Waals surface area contributed by atoms with Crippen molar-refractivity contribution in [3.8, 4) is 0 Å². The summed E-state index contributed by atoms with van der Waals surface area (Å²) >= 11 is 6.31. The third kappa shape index (κ3) is 2.23. The molecule has 0 saturated heterocycles. The first-order chi connectivity index (χ1) is 8.74. The Morgan fingerprint density at radius 2 is 2.17 bits per heavy atom. The third-order valence-electron chi connectivity index (χ3n) is 2.38. The van der Waals surface area contributed by atoms with Crippen LogP contribution in [0.4, 0.5) is 5.13 Å². The van der Waals surface area contributed by atoms with Crippen molar-refractivity contribution in [1.82, 2.24) is 4.98 Å². The van der Waals surface area contributed by atoms with Crippen LogP contribution in [0.15, 0.2) is 50.2 Å². The van der Waals surface area contributed by atoms with E-state index in [2.05, 4.69) is 26.2 Å². The van der Waals surface area contributed by atoms with Crippen LogP contribution in [0.1, 0.15) is 10.4 Å². The number of anilines is 1. The summed E-state index contributed by atoms with van der Waals surface area (Å²) in [5.41, 5.74) is 0.774. The number of hydrogen-bond donors (Lipinski definition) is 1. The van der Waals surface area contributed by atoms with E-state index in [1.54, 1.807) is 12.4 Å². The number of nitrogens with one attached hydrogen (secondary N) is 1. The molecule has 0 fully saturated rings. The largest absolute Gasteiger partial charge is 0.337 e. The van der Waals surface area contributed by atoms with E-state index in [1.165, 1.54) is 23.1 Å². The van der Waals surface area contributed by atoms with Gasteiger partial charge in [0.1, 0.15) is 0 Å². The molecule has 0 unspecified atom stereocenters. The number of thioether (sulfide) groups is 1. The number of hydrogen-bond acceptors (Lipinski definition) is 5. The lowest BCUT2D eigenvalue weighted by molar-refractivity contribution is 0.104. The maximum atomic E-state index is 12.1. The topological polar surface area (TPSA) is 42.0 Å². The number of allylic oxidation sites excluding steroid dienone is 1. The van der Waals surface area contributed by atoms with Crippen LogP contribution in [-0.4, -0.2) is 10.8 Å². The Morgan fingerprint density at radius 1 is 1.33 bits per heavy atom. The summed E-state index contributed by atoms with van der Waals surface area (Å²) in [6, 6.07) is 7.63. The molecule has 0 aliphatic carbocycles. The van der Waals surface area contributed by atoms with Crippen LogP contribution in [0.25, 0.3) is 0 Å². The number of aromatic nitrogens is 1. The molecule has 0 radical (unpaired) electrons. The number of fused-ring (bicyclic) bond motifs is 1. The molecular weight excluding hydrogens is 332 g/mol. The molecule has 0 saturated carbocycles. The summed E-state index contributed by atoms with van der Waals surface area (Å²) in [7, 11) is 0. The van der Waals surface area contributed by atoms with Gasteiger partial charge in [-0.2, -0.15) is 0 Å². The van der Waals surface area contributed by atoms with E-state index in [4.69, 9.17) is 0 Å². The molecule has 2 aromatic rings. The van der Waals surface area contributed by atoms with Gasteiger partial charge in [-0.1, -0.05) is 35.2 Å². The Balaban J connectivity index is 1.82. The van der Waals surface area contributed by atoms with Gasteiger partial charge in [-0.15, -0.1) is 0 Å². The minimum absolute atomic E-state index is 0.0683. The molecule has 0 bridgehead atoms. The predicted octanol–water partition coefficient (Wildman–Crippen LogP) is 4.15. The zero-order chi connectivity index (χ0) is 12.5. The smallest absolute Gasteiger partial charge is 0.202 e. The van der Waals surface area contributed by atoms with Crippen LogP contribution >= 0.6 is 39.0 Å². The number of thiazole rings is 1. The second-order valence-electron chi connectivity index (χ2n) is 3.55. The van der Waals surface area contributed by atoms with Crippen molar-refractivity contribution in [1.29, 1.82) is 0 Å². The molecule has 6 heteroatoms. The van der Waals surface area contributed by atoms with Crippen LogP contribution in [-0.2, 0) is 0 Å². The fraction of sp³-hybridized carbons (Fsp3) is 0. The van der Waals surface area contributed by atoms with Crippen LogP contribution in [0.3, 0.4) is 0 Å². The number of carbonyl (C=O) groups excluding carboxylic acids is 1. The van der Waals surface area contributed by atoms with E-state index < -0.39 is 0 Å². The summed E-state index contributed by atoms with van der Waals surface area (Å²) in [4.78, 5) is 17.9. The fourth-order valence-corrected chi connectivity index (χ4v) is 3.63. The second-order valence-corrected chi connectivity index (χ2v) is 7.04. The number of halogens is 1. The molecule has 0 amide bonds. The third-order valence-corrected chi connectivity index (χ3v) is 4.89. The number of rotatable bonds is 2. The summed E-state index contributed by atoms with van der Waals surface area (Å²) in [6.45, 7) is 0. The number of nitrogens with zero attached hydrogens (tertiary/aromatic N) is 1. The first-order valence-corrected chi connectivity index (χ1v) is 7.56. The van der Waals surface area contributed by atoms with Gasteiger partial charge < -0.3 is 5.32 Å². The zero-order valence-electron chi connectivity index (χ0n) is 9.01. The zero-order valence-corrected chi connectivity index (χ0v) is 12.2. The SMILES string of the molecule is O=C1/C(=C/Nc2ncc(Br)s2)Sc2ccccc21.